The number of aromatic nitrogens is 3. The van der Waals surface area contributed by atoms with Gasteiger partial charge in [0.05, 0.1) is 5.75 Å². The number of anilines is 1. The van der Waals surface area contributed by atoms with Gasteiger partial charge in [-0.05, 0) is 50.5 Å². The van der Waals surface area contributed by atoms with Crippen molar-refractivity contribution in [2.75, 3.05) is 11.1 Å². The molecule has 1 aromatic heterocycles. The predicted molar refractivity (Wildman–Crippen MR) is 127 cm³/mol. The van der Waals surface area contributed by atoms with Crippen molar-refractivity contribution in [1.82, 2.24) is 20.1 Å². The van der Waals surface area contributed by atoms with E-state index in [4.69, 9.17) is 0 Å². The Hall–Kier alpha value is -3.13. The number of benzene rings is 2. The largest absolute Gasteiger partial charge is 0.349 e. The van der Waals surface area contributed by atoms with Crippen LogP contribution in [0.1, 0.15) is 42.1 Å². The van der Waals surface area contributed by atoms with E-state index in [0.29, 0.717) is 17.3 Å². The van der Waals surface area contributed by atoms with Gasteiger partial charge in [-0.25, -0.2) is 0 Å². The third-order valence-electron chi connectivity index (χ3n) is 5.09. The van der Waals surface area contributed by atoms with E-state index in [-0.39, 0.29) is 17.6 Å². The van der Waals surface area contributed by atoms with E-state index in [1.54, 1.807) is 24.3 Å². The van der Waals surface area contributed by atoms with Crippen LogP contribution in [0.4, 0.5) is 5.69 Å². The van der Waals surface area contributed by atoms with E-state index in [0.717, 1.165) is 47.9 Å². The zero-order valence-electron chi connectivity index (χ0n) is 18.3. The number of thioether (sulfide) groups is 1. The van der Waals surface area contributed by atoms with E-state index in [1.807, 2.05) is 12.1 Å². The molecule has 1 heterocycles. The minimum Gasteiger partial charge on any atom is -0.349 e. The summed E-state index contributed by atoms with van der Waals surface area (Å²) in [6.45, 7) is 4.93. The highest BCUT2D eigenvalue weighted by molar-refractivity contribution is 7.99. The second kappa shape index (κ2) is 9.99. The first-order valence-electron chi connectivity index (χ1n) is 10.9. The van der Waals surface area contributed by atoms with Gasteiger partial charge in [-0.1, -0.05) is 48.5 Å². The minimum atomic E-state index is -0.155. The number of nitrogens with one attached hydrogen (secondary N) is 2. The summed E-state index contributed by atoms with van der Waals surface area (Å²) in [7, 11) is 0. The van der Waals surface area contributed by atoms with Crippen molar-refractivity contribution in [3.8, 4) is 11.4 Å². The van der Waals surface area contributed by atoms with Crippen LogP contribution in [0.25, 0.3) is 11.4 Å². The number of hydrogen-bond acceptors (Lipinski definition) is 5. The lowest BCUT2D eigenvalue weighted by Crippen LogP contribution is -2.25. The number of carbonyl (C=O) groups excluding carboxylic acids is 2. The summed E-state index contributed by atoms with van der Waals surface area (Å²) in [6, 6.07) is 15.5. The number of carbonyl (C=O) groups is 2. The number of rotatable bonds is 9. The molecule has 4 rings (SSSR count). The molecule has 3 aromatic rings. The van der Waals surface area contributed by atoms with Crippen molar-refractivity contribution in [3.63, 3.8) is 0 Å². The van der Waals surface area contributed by atoms with E-state index in [1.165, 1.54) is 11.8 Å². The maximum absolute atomic E-state index is 12.6. The van der Waals surface area contributed by atoms with Crippen molar-refractivity contribution in [3.05, 3.63) is 59.7 Å². The Kier molecular flexibility index (Phi) is 6.90. The lowest BCUT2D eigenvalue weighted by atomic mass is 10.1. The molecule has 0 aliphatic heterocycles. The van der Waals surface area contributed by atoms with Crippen LogP contribution in [0.15, 0.2) is 53.7 Å². The van der Waals surface area contributed by atoms with Crippen LogP contribution < -0.4 is 10.6 Å². The molecule has 2 N–H and O–H groups in total. The first kappa shape index (κ1) is 22.1. The summed E-state index contributed by atoms with van der Waals surface area (Å²) in [6.07, 6.45) is 3.01. The highest BCUT2D eigenvalue weighted by atomic mass is 32.2. The Morgan fingerprint density at radius 2 is 1.94 bits per heavy atom. The molecular weight excluding hydrogens is 422 g/mol. The second-order valence-electron chi connectivity index (χ2n) is 7.99. The van der Waals surface area contributed by atoms with Gasteiger partial charge in [-0.15, -0.1) is 10.2 Å². The Bertz CT molecular complexity index is 1120. The Morgan fingerprint density at radius 3 is 2.69 bits per heavy atom. The van der Waals surface area contributed by atoms with Gasteiger partial charge in [-0.3, -0.25) is 9.59 Å². The Balaban J connectivity index is 1.40. The van der Waals surface area contributed by atoms with Crippen LogP contribution >= 0.6 is 11.8 Å². The quantitative estimate of drug-likeness (QED) is 0.476. The predicted octanol–water partition coefficient (Wildman–Crippen LogP) is 4.29. The second-order valence-corrected chi connectivity index (χ2v) is 8.94. The van der Waals surface area contributed by atoms with Gasteiger partial charge in [0, 0.05) is 29.4 Å². The maximum atomic E-state index is 12.6. The van der Waals surface area contributed by atoms with Crippen molar-refractivity contribution in [2.24, 2.45) is 0 Å². The fraction of sp³-hybridized carbons (Fsp3) is 0.333. The first-order valence-corrected chi connectivity index (χ1v) is 11.9. The van der Waals surface area contributed by atoms with Gasteiger partial charge >= 0.3 is 0 Å². The molecule has 1 aliphatic carbocycles. The van der Waals surface area contributed by atoms with Crippen LogP contribution in [0.3, 0.4) is 0 Å². The van der Waals surface area contributed by atoms with E-state index < -0.39 is 0 Å². The van der Waals surface area contributed by atoms with Gasteiger partial charge in [0.15, 0.2) is 11.0 Å². The first-order chi connectivity index (χ1) is 15.5. The summed E-state index contributed by atoms with van der Waals surface area (Å²) in [4.78, 5) is 24.8. The van der Waals surface area contributed by atoms with Gasteiger partial charge in [-0.2, -0.15) is 0 Å². The van der Waals surface area contributed by atoms with E-state index in [2.05, 4.69) is 51.4 Å². The fourth-order valence-electron chi connectivity index (χ4n) is 3.38. The Labute approximate surface area is 192 Å². The molecule has 0 saturated heterocycles. The average Bonchev–Trinajstić information content (AvgIpc) is 3.50. The third kappa shape index (κ3) is 5.56. The van der Waals surface area contributed by atoms with Gasteiger partial charge in [0.1, 0.15) is 0 Å². The number of hydrogen-bond donors (Lipinski definition) is 2. The summed E-state index contributed by atoms with van der Waals surface area (Å²) < 4.78 is 2.07. The normalized spacial score (nSPS) is 13.1. The van der Waals surface area contributed by atoms with Crippen LogP contribution in [0.2, 0.25) is 0 Å². The summed E-state index contributed by atoms with van der Waals surface area (Å²) in [5, 5.41) is 15.3. The van der Waals surface area contributed by atoms with Gasteiger partial charge in [0.2, 0.25) is 5.91 Å². The Morgan fingerprint density at radius 1 is 1.12 bits per heavy atom. The number of aryl methyl sites for hydroxylation is 1. The summed E-state index contributed by atoms with van der Waals surface area (Å²) in [5.74, 6) is 0.758. The highest BCUT2D eigenvalue weighted by Crippen LogP contribution is 2.25. The standard InChI is InChI=1S/C24H27N5O2S/c1-3-12-29-22(17-7-4-6-16(2)13-17)27-28-24(29)32-15-21(30)25-20-9-5-8-18(14-20)23(31)26-19-10-11-19/h4-9,13-14,19H,3,10-12,15H2,1-2H3,(H,25,30)(H,26,31). The molecule has 166 valence electrons. The third-order valence-corrected chi connectivity index (χ3v) is 6.06. The molecule has 8 heteroatoms. The molecule has 0 spiro atoms. The topological polar surface area (TPSA) is 88.9 Å². The SMILES string of the molecule is CCCn1c(SCC(=O)Nc2cccc(C(=O)NC3CC3)c2)nnc1-c1cccc(C)c1. The van der Waals surface area contributed by atoms with Crippen LogP contribution in [-0.2, 0) is 11.3 Å². The average molecular weight is 450 g/mol. The lowest BCUT2D eigenvalue weighted by molar-refractivity contribution is -0.113. The van der Waals surface area contributed by atoms with Crippen LogP contribution in [0.5, 0.6) is 0 Å². The van der Waals surface area contributed by atoms with Crippen molar-refractivity contribution in [1.29, 1.82) is 0 Å². The van der Waals surface area contributed by atoms with E-state index >= 15 is 0 Å². The molecule has 32 heavy (non-hydrogen) atoms. The monoisotopic (exact) mass is 449 g/mol. The molecule has 2 aromatic carbocycles. The number of nitrogens with zero attached hydrogens (tertiary/aromatic N) is 3. The lowest BCUT2D eigenvalue weighted by Gasteiger charge is -2.10. The maximum Gasteiger partial charge on any atom is 0.251 e. The molecule has 0 bridgehead atoms. The molecule has 1 fully saturated rings. The van der Waals surface area contributed by atoms with Gasteiger partial charge < -0.3 is 15.2 Å². The molecule has 0 radical (unpaired) electrons. The van der Waals surface area contributed by atoms with Crippen LogP contribution in [0, 0.1) is 6.92 Å². The fourth-order valence-corrected chi connectivity index (χ4v) is 4.14. The van der Waals surface area contributed by atoms with Crippen molar-refractivity contribution >= 4 is 29.3 Å². The molecule has 0 unspecified atom stereocenters. The molecule has 1 aliphatic rings. The smallest absolute Gasteiger partial charge is 0.251 e. The zero-order chi connectivity index (χ0) is 22.5. The van der Waals surface area contributed by atoms with Gasteiger partial charge in [0.25, 0.3) is 5.91 Å². The molecule has 1 saturated carbocycles. The van der Waals surface area contributed by atoms with Crippen molar-refractivity contribution in [2.45, 2.75) is 50.9 Å². The minimum absolute atomic E-state index is 0.102. The zero-order valence-corrected chi connectivity index (χ0v) is 19.1. The summed E-state index contributed by atoms with van der Waals surface area (Å²) in [5.41, 5.74) is 3.33. The molecule has 0 atom stereocenters. The van der Waals surface area contributed by atoms with E-state index in [9.17, 15) is 9.59 Å². The molecule has 7 nitrogen and oxygen atoms in total. The highest BCUT2D eigenvalue weighted by Gasteiger charge is 2.24. The van der Waals surface area contributed by atoms with Crippen LogP contribution in [-0.4, -0.2) is 38.4 Å². The number of amides is 2. The molecular formula is C24H27N5O2S. The molecule has 2 amide bonds. The summed E-state index contributed by atoms with van der Waals surface area (Å²) >= 11 is 1.36. The van der Waals surface area contributed by atoms with Crippen molar-refractivity contribution < 1.29 is 9.59 Å².